The van der Waals surface area contributed by atoms with Crippen LogP contribution in [0.4, 0.5) is 0 Å². The molecule has 2 rings (SSSR count). The normalized spacial score (nSPS) is 17.2. The molecule has 1 atom stereocenters. The minimum atomic E-state index is -1.20. The molecular weight excluding hydrogens is 248 g/mol. The number of aliphatic carboxylic acids is 1. The van der Waals surface area contributed by atoms with Crippen LogP contribution >= 0.6 is 0 Å². The van der Waals surface area contributed by atoms with Crippen molar-refractivity contribution in [1.82, 2.24) is 0 Å². The fourth-order valence-electron chi connectivity index (χ4n) is 2.40. The van der Waals surface area contributed by atoms with Gasteiger partial charge in [-0.3, -0.25) is 4.79 Å². The van der Waals surface area contributed by atoms with Gasteiger partial charge >= 0.3 is 11.9 Å². The zero-order valence-electron chi connectivity index (χ0n) is 10.7. The number of fused-ring (bicyclic) bond motifs is 1. The monoisotopic (exact) mass is 264 g/mol. The van der Waals surface area contributed by atoms with E-state index in [2.05, 4.69) is 0 Å². The number of cyclic esters (lactones) is 1. The number of rotatable bonds is 5. The van der Waals surface area contributed by atoms with Gasteiger partial charge in [0, 0.05) is 12.0 Å². The highest BCUT2D eigenvalue weighted by molar-refractivity contribution is 5.96. The van der Waals surface area contributed by atoms with Crippen molar-refractivity contribution in [2.24, 2.45) is 0 Å². The maximum Gasteiger partial charge on any atom is 0.341 e. The third-order valence-corrected chi connectivity index (χ3v) is 3.31. The topological polar surface area (TPSA) is 83.8 Å². The lowest BCUT2D eigenvalue weighted by Gasteiger charge is -2.10. The Kier molecular flexibility index (Phi) is 3.85. The maximum absolute atomic E-state index is 11.8. The van der Waals surface area contributed by atoms with E-state index in [4.69, 9.17) is 9.84 Å². The average Bonchev–Trinajstić information content (AvgIpc) is 2.66. The Morgan fingerprint density at radius 1 is 1.37 bits per heavy atom. The van der Waals surface area contributed by atoms with Crippen molar-refractivity contribution in [3.63, 3.8) is 0 Å². The van der Waals surface area contributed by atoms with Crippen molar-refractivity contribution in [3.8, 4) is 0 Å². The number of ether oxygens (including phenoxy) is 1. The molecule has 0 aromatic heterocycles. The van der Waals surface area contributed by atoms with Gasteiger partial charge in [0.05, 0.1) is 5.56 Å². The summed E-state index contributed by atoms with van der Waals surface area (Å²) in [7, 11) is 0. The van der Waals surface area contributed by atoms with Gasteiger partial charge < -0.3 is 14.9 Å². The van der Waals surface area contributed by atoms with Crippen LogP contribution in [0.15, 0.2) is 12.1 Å². The number of carbonyl (C=O) groups is 2. The second-order valence-electron chi connectivity index (χ2n) is 4.53. The Bertz CT molecular complexity index is 521. The largest absolute Gasteiger partial charge is 0.481 e. The number of aryl methyl sites for hydroxylation is 2. The van der Waals surface area contributed by atoms with E-state index >= 15 is 0 Å². The second kappa shape index (κ2) is 5.40. The molecule has 102 valence electrons. The van der Waals surface area contributed by atoms with Gasteiger partial charge in [0.15, 0.2) is 0 Å². The second-order valence-corrected chi connectivity index (χ2v) is 4.53. The summed E-state index contributed by atoms with van der Waals surface area (Å²) in [5.41, 5.74) is 2.59. The summed E-state index contributed by atoms with van der Waals surface area (Å²) >= 11 is 0. The van der Waals surface area contributed by atoms with Crippen molar-refractivity contribution in [3.05, 3.63) is 34.4 Å². The maximum atomic E-state index is 11.8. The van der Waals surface area contributed by atoms with E-state index < -0.39 is 18.2 Å². The number of esters is 1. The molecule has 2 N–H and O–H groups in total. The van der Waals surface area contributed by atoms with Crippen LogP contribution in [0.3, 0.4) is 0 Å². The van der Waals surface area contributed by atoms with Crippen LogP contribution in [0.25, 0.3) is 0 Å². The van der Waals surface area contributed by atoms with Crippen LogP contribution in [0.2, 0.25) is 0 Å². The summed E-state index contributed by atoms with van der Waals surface area (Å²) in [4.78, 5) is 22.3. The van der Waals surface area contributed by atoms with E-state index in [1.54, 1.807) is 0 Å². The number of carboxylic acid groups (broad SMARTS) is 1. The highest BCUT2D eigenvalue weighted by atomic mass is 16.6. The summed E-state index contributed by atoms with van der Waals surface area (Å²) in [5, 5.41) is 18.4. The molecule has 1 aliphatic rings. The molecule has 0 radical (unpaired) electrons. The molecule has 0 amide bonds. The van der Waals surface area contributed by atoms with Crippen molar-refractivity contribution in [2.75, 3.05) is 0 Å². The van der Waals surface area contributed by atoms with Crippen LogP contribution in [0.5, 0.6) is 0 Å². The standard InChI is InChI=1S/C14H16O5/c1-2-8-6-7-9(4-3-5-10(15)16)12-11(8)13(17)19-14(12)18/h6-7,13,17H,2-5H2,1H3,(H,15,16). The number of hydrogen-bond donors (Lipinski definition) is 2. The average molecular weight is 264 g/mol. The molecule has 1 aromatic rings. The molecule has 0 spiro atoms. The Hall–Kier alpha value is -1.88. The Morgan fingerprint density at radius 2 is 2.05 bits per heavy atom. The third-order valence-electron chi connectivity index (χ3n) is 3.31. The molecule has 0 saturated carbocycles. The summed E-state index contributed by atoms with van der Waals surface area (Å²) in [6.45, 7) is 1.94. The number of carbonyl (C=O) groups excluding carboxylic acids is 1. The lowest BCUT2D eigenvalue weighted by molar-refractivity contribution is -0.137. The summed E-state index contributed by atoms with van der Waals surface area (Å²) in [5.74, 6) is -1.38. The highest BCUT2D eigenvalue weighted by Gasteiger charge is 2.33. The van der Waals surface area contributed by atoms with Crippen molar-refractivity contribution >= 4 is 11.9 Å². The zero-order chi connectivity index (χ0) is 14.0. The molecule has 1 aromatic carbocycles. The lowest BCUT2D eigenvalue weighted by Crippen LogP contribution is -2.04. The number of carboxylic acids is 1. The lowest BCUT2D eigenvalue weighted by atomic mass is 9.93. The molecule has 0 bridgehead atoms. The SMILES string of the molecule is CCc1ccc(CCCC(=O)O)c2c1C(O)OC2=O. The Balaban J connectivity index is 2.31. The third kappa shape index (κ3) is 2.61. The van der Waals surface area contributed by atoms with E-state index in [0.717, 1.165) is 11.1 Å². The number of aliphatic hydroxyl groups is 1. The molecule has 5 nitrogen and oxygen atoms in total. The van der Waals surface area contributed by atoms with Gasteiger partial charge in [-0.2, -0.15) is 0 Å². The first-order chi connectivity index (χ1) is 9.04. The van der Waals surface area contributed by atoms with Crippen molar-refractivity contribution < 1.29 is 24.5 Å². The van der Waals surface area contributed by atoms with E-state index in [-0.39, 0.29) is 6.42 Å². The Labute approximate surface area is 110 Å². The molecule has 1 aliphatic heterocycles. The van der Waals surface area contributed by atoms with Gasteiger partial charge in [-0.15, -0.1) is 0 Å². The van der Waals surface area contributed by atoms with Crippen molar-refractivity contribution in [2.45, 2.75) is 38.9 Å². The molecule has 19 heavy (non-hydrogen) atoms. The zero-order valence-corrected chi connectivity index (χ0v) is 10.7. The van der Waals surface area contributed by atoms with Crippen molar-refractivity contribution in [1.29, 1.82) is 0 Å². The molecule has 1 unspecified atom stereocenters. The molecule has 1 heterocycles. The van der Waals surface area contributed by atoms with E-state index in [1.807, 2.05) is 19.1 Å². The van der Waals surface area contributed by atoms with E-state index in [9.17, 15) is 14.7 Å². The molecular formula is C14H16O5. The molecule has 0 saturated heterocycles. The predicted molar refractivity (Wildman–Crippen MR) is 66.8 cm³/mol. The summed E-state index contributed by atoms with van der Waals surface area (Å²) < 4.78 is 4.84. The van der Waals surface area contributed by atoms with Crippen LogP contribution in [-0.4, -0.2) is 22.2 Å². The van der Waals surface area contributed by atoms with Crippen LogP contribution in [-0.2, 0) is 22.4 Å². The quantitative estimate of drug-likeness (QED) is 0.792. The summed E-state index contributed by atoms with van der Waals surface area (Å²) in [6, 6.07) is 3.68. The van der Waals surface area contributed by atoms with Crippen LogP contribution in [0, 0.1) is 0 Å². The van der Waals surface area contributed by atoms with Crippen LogP contribution < -0.4 is 0 Å². The molecule has 0 fully saturated rings. The number of hydrogen-bond acceptors (Lipinski definition) is 4. The fourth-order valence-corrected chi connectivity index (χ4v) is 2.40. The van der Waals surface area contributed by atoms with E-state index in [1.165, 1.54) is 0 Å². The first-order valence-corrected chi connectivity index (χ1v) is 6.30. The van der Waals surface area contributed by atoms with Gasteiger partial charge in [0.2, 0.25) is 6.29 Å². The van der Waals surface area contributed by atoms with Gasteiger partial charge in [-0.1, -0.05) is 19.1 Å². The van der Waals surface area contributed by atoms with E-state index in [0.29, 0.717) is 30.4 Å². The predicted octanol–water partition coefficient (Wildman–Crippen LogP) is 1.82. The highest BCUT2D eigenvalue weighted by Crippen LogP contribution is 2.34. The minimum Gasteiger partial charge on any atom is -0.481 e. The fraction of sp³-hybridized carbons (Fsp3) is 0.429. The van der Waals surface area contributed by atoms with Gasteiger partial charge in [0.25, 0.3) is 0 Å². The van der Waals surface area contributed by atoms with Gasteiger partial charge in [-0.25, -0.2) is 4.79 Å². The number of aliphatic hydroxyl groups excluding tert-OH is 1. The molecule has 5 heteroatoms. The van der Waals surface area contributed by atoms with Gasteiger partial charge in [0.1, 0.15) is 0 Å². The van der Waals surface area contributed by atoms with Gasteiger partial charge in [-0.05, 0) is 30.4 Å². The minimum absolute atomic E-state index is 0.0574. The number of benzene rings is 1. The first kappa shape index (κ1) is 13.5. The molecule has 0 aliphatic carbocycles. The summed E-state index contributed by atoms with van der Waals surface area (Å²) in [6.07, 6.45) is 0.501. The van der Waals surface area contributed by atoms with Crippen LogP contribution in [0.1, 0.15) is 53.1 Å². The Morgan fingerprint density at radius 3 is 2.68 bits per heavy atom. The first-order valence-electron chi connectivity index (χ1n) is 6.30. The smallest absolute Gasteiger partial charge is 0.341 e.